The minimum Gasteiger partial charge on any atom is -0.323 e. The standard InChI is InChI=1S/C18H13Cl2N3O/c19-14-6-7-16(17(20)10-14)18(24)22-21-11-13-8-9-23(12-13)15-4-2-1-3-5-15/h1-12H,(H,22,24)/b21-11-. The van der Waals surface area contributed by atoms with Crippen molar-refractivity contribution in [1.29, 1.82) is 0 Å². The van der Waals surface area contributed by atoms with Crippen LogP contribution in [-0.4, -0.2) is 16.7 Å². The maximum Gasteiger partial charge on any atom is 0.272 e. The van der Waals surface area contributed by atoms with Crippen molar-refractivity contribution in [1.82, 2.24) is 9.99 Å². The van der Waals surface area contributed by atoms with Gasteiger partial charge in [-0.15, -0.1) is 0 Å². The highest BCUT2D eigenvalue weighted by Gasteiger charge is 2.09. The van der Waals surface area contributed by atoms with E-state index in [0.717, 1.165) is 11.3 Å². The van der Waals surface area contributed by atoms with Gasteiger partial charge in [-0.1, -0.05) is 41.4 Å². The number of para-hydroxylation sites is 1. The Bertz CT molecular complexity index is 888. The van der Waals surface area contributed by atoms with Crippen molar-refractivity contribution < 1.29 is 4.79 Å². The molecular formula is C18H13Cl2N3O. The third kappa shape index (κ3) is 3.85. The number of aromatic nitrogens is 1. The van der Waals surface area contributed by atoms with Gasteiger partial charge in [0.1, 0.15) is 0 Å². The second kappa shape index (κ2) is 7.34. The van der Waals surface area contributed by atoms with Gasteiger partial charge in [0.2, 0.25) is 0 Å². The average Bonchev–Trinajstić information content (AvgIpc) is 3.04. The Hall–Kier alpha value is -2.56. The molecule has 3 rings (SSSR count). The monoisotopic (exact) mass is 357 g/mol. The largest absolute Gasteiger partial charge is 0.323 e. The third-order valence-electron chi connectivity index (χ3n) is 3.33. The summed E-state index contributed by atoms with van der Waals surface area (Å²) in [6.07, 6.45) is 5.41. The molecular weight excluding hydrogens is 345 g/mol. The van der Waals surface area contributed by atoms with Crippen LogP contribution >= 0.6 is 23.2 Å². The van der Waals surface area contributed by atoms with Crippen LogP contribution in [-0.2, 0) is 0 Å². The van der Waals surface area contributed by atoms with Gasteiger partial charge in [0.05, 0.1) is 16.8 Å². The second-order valence-corrected chi connectivity index (χ2v) is 5.85. The summed E-state index contributed by atoms with van der Waals surface area (Å²) in [6, 6.07) is 16.5. The molecule has 1 aromatic heterocycles. The summed E-state index contributed by atoms with van der Waals surface area (Å²) in [5, 5.41) is 4.72. The summed E-state index contributed by atoms with van der Waals surface area (Å²) in [6.45, 7) is 0. The van der Waals surface area contributed by atoms with Crippen molar-refractivity contribution in [3.63, 3.8) is 0 Å². The van der Waals surface area contributed by atoms with Gasteiger partial charge in [0.25, 0.3) is 5.91 Å². The molecule has 0 unspecified atom stereocenters. The van der Waals surface area contributed by atoms with E-state index in [9.17, 15) is 4.79 Å². The smallest absolute Gasteiger partial charge is 0.272 e. The quantitative estimate of drug-likeness (QED) is 0.540. The van der Waals surface area contributed by atoms with Crippen LogP contribution in [0.4, 0.5) is 0 Å². The molecule has 4 nitrogen and oxygen atoms in total. The van der Waals surface area contributed by atoms with Crippen LogP contribution in [0.1, 0.15) is 15.9 Å². The molecule has 0 saturated heterocycles. The highest BCUT2D eigenvalue weighted by Crippen LogP contribution is 2.20. The molecule has 0 saturated carbocycles. The van der Waals surface area contributed by atoms with E-state index >= 15 is 0 Å². The van der Waals surface area contributed by atoms with Gasteiger partial charge in [0.15, 0.2) is 0 Å². The number of hydrazone groups is 1. The Morgan fingerprint density at radius 3 is 2.62 bits per heavy atom. The van der Waals surface area contributed by atoms with Crippen molar-refractivity contribution in [2.75, 3.05) is 0 Å². The maximum absolute atomic E-state index is 12.0. The normalized spacial score (nSPS) is 10.9. The Morgan fingerprint density at radius 1 is 1.08 bits per heavy atom. The molecule has 0 aliphatic rings. The zero-order valence-corrected chi connectivity index (χ0v) is 14.0. The minimum absolute atomic E-state index is 0.283. The van der Waals surface area contributed by atoms with Crippen LogP contribution in [0, 0.1) is 0 Å². The first-order valence-electron chi connectivity index (χ1n) is 7.15. The minimum atomic E-state index is -0.393. The van der Waals surface area contributed by atoms with E-state index in [1.807, 2.05) is 53.4 Å². The fourth-order valence-corrected chi connectivity index (χ4v) is 2.64. The molecule has 6 heteroatoms. The predicted molar refractivity (Wildman–Crippen MR) is 97.3 cm³/mol. The Balaban J connectivity index is 1.66. The van der Waals surface area contributed by atoms with E-state index in [0.29, 0.717) is 10.6 Å². The van der Waals surface area contributed by atoms with Crippen LogP contribution in [0.2, 0.25) is 10.0 Å². The van der Waals surface area contributed by atoms with Gasteiger partial charge in [-0.3, -0.25) is 4.79 Å². The van der Waals surface area contributed by atoms with Crippen molar-refractivity contribution in [2.24, 2.45) is 5.10 Å². The number of rotatable bonds is 4. The molecule has 1 heterocycles. The number of carbonyl (C=O) groups excluding carboxylic acids is 1. The number of hydrogen-bond acceptors (Lipinski definition) is 2. The van der Waals surface area contributed by atoms with E-state index in [-0.39, 0.29) is 5.02 Å². The highest BCUT2D eigenvalue weighted by molar-refractivity contribution is 6.36. The lowest BCUT2D eigenvalue weighted by Crippen LogP contribution is -2.17. The fourth-order valence-electron chi connectivity index (χ4n) is 2.15. The molecule has 0 bridgehead atoms. The summed E-state index contributed by atoms with van der Waals surface area (Å²) in [5.74, 6) is -0.393. The summed E-state index contributed by atoms with van der Waals surface area (Å²) in [4.78, 5) is 12.0. The van der Waals surface area contributed by atoms with Crippen LogP contribution < -0.4 is 5.43 Å². The van der Waals surface area contributed by atoms with Gasteiger partial charge in [-0.25, -0.2) is 5.43 Å². The molecule has 0 aliphatic heterocycles. The highest BCUT2D eigenvalue weighted by atomic mass is 35.5. The number of carbonyl (C=O) groups is 1. The van der Waals surface area contributed by atoms with Crippen LogP contribution in [0.3, 0.4) is 0 Å². The lowest BCUT2D eigenvalue weighted by atomic mass is 10.2. The SMILES string of the molecule is O=C(N/N=C\c1ccn(-c2ccccc2)c1)c1ccc(Cl)cc1Cl. The number of nitrogens with zero attached hydrogens (tertiary/aromatic N) is 2. The Kier molecular flexibility index (Phi) is 4.99. The van der Waals surface area contributed by atoms with Crippen molar-refractivity contribution in [2.45, 2.75) is 0 Å². The third-order valence-corrected chi connectivity index (χ3v) is 3.87. The first kappa shape index (κ1) is 16.3. The molecule has 2 aromatic carbocycles. The van der Waals surface area contributed by atoms with Crippen LogP contribution in [0.25, 0.3) is 5.69 Å². The van der Waals surface area contributed by atoms with Crippen molar-refractivity contribution >= 4 is 35.3 Å². The zero-order valence-electron chi connectivity index (χ0n) is 12.5. The summed E-state index contributed by atoms with van der Waals surface area (Å²) in [5.41, 5.74) is 4.68. The van der Waals surface area contributed by atoms with Crippen molar-refractivity contribution in [3.8, 4) is 5.69 Å². The van der Waals surface area contributed by atoms with Gasteiger partial charge in [0, 0.05) is 28.7 Å². The summed E-state index contributed by atoms with van der Waals surface area (Å²) >= 11 is 11.8. The molecule has 24 heavy (non-hydrogen) atoms. The average molecular weight is 358 g/mol. The lowest BCUT2D eigenvalue weighted by molar-refractivity contribution is 0.0955. The van der Waals surface area contributed by atoms with E-state index in [4.69, 9.17) is 23.2 Å². The molecule has 3 aromatic rings. The van der Waals surface area contributed by atoms with Gasteiger partial charge in [-0.2, -0.15) is 5.10 Å². The Labute approximate surface area is 149 Å². The van der Waals surface area contributed by atoms with Crippen LogP contribution in [0.5, 0.6) is 0 Å². The second-order valence-electron chi connectivity index (χ2n) is 5.01. The number of amides is 1. The number of nitrogens with one attached hydrogen (secondary N) is 1. The summed E-state index contributed by atoms with van der Waals surface area (Å²) < 4.78 is 1.97. The fraction of sp³-hybridized carbons (Fsp3) is 0. The van der Waals surface area contributed by atoms with E-state index < -0.39 is 5.91 Å². The molecule has 1 N–H and O–H groups in total. The van der Waals surface area contributed by atoms with Gasteiger partial charge < -0.3 is 4.57 Å². The number of benzene rings is 2. The van der Waals surface area contributed by atoms with E-state index in [1.165, 1.54) is 6.07 Å². The topological polar surface area (TPSA) is 46.4 Å². The van der Waals surface area contributed by atoms with Gasteiger partial charge in [-0.05, 0) is 36.4 Å². The molecule has 0 fully saturated rings. The number of halogens is 2. The van der Waals surface area contributed by atoms with Crippen LogP contribution in [0.15, 0.2) is 72.1 Å². The molecule has 0 spiro atoms. The predicted octanol–water partition coefficient (Wildman–Crippen LogP) is 4.55. The maximum atomic E-state index is 12.0. The molecule has 120 valence electrons. The van der Waals surface area contributed by atoms with E-state index in [1.54, 1.807) is 18.3 Å². The number of hydrogen-bond donors (Lipinski definition) is 1. The molecule has 1 amide bonds. The first-order chi connectivity index (χ1) is 11.6. The first-order valence-corrected chi connectivity index (χ1v) is 7.91. The van der Waals surface area contributed by atoms with E-state index in [2.05, 4.69) is 10.5 Å². The molecule has 0 atom stereocenters. The lowest BCUT2D eigenvalue weighted by Gasteiger charge is -2.02. The molecule has 0 aliphatic carbocycles. The van der Waals surface area contributed by atoms with Gasteiger partial charge >= 0.3 is 0 Å². The zero-order chi connectivity index (χ0) is 16.9. The Morgan fingerprint density at radius 2 is 1.88 bits per heavy atom. The van der Waals surface area contributed by atoms with Crippen molar-refractivity contribution in [3.05, 3.63) is 88.2 Å². The molecule has 0 radical (unpaired) electrons. The summed E-state index contributed by atoms with van der Waals surface area (Å²) in [7, 11) is 0.